The van der Waals surface area contributed by atoms with E-state index in [1.54, 1.807) is 19.1 Å². The predicted molar refractivity (Wildman–Crippen MR) is 84.9 cm³/mol. The van der Waals surface area contributed by atoms with Crippen LogP contribution < -0.4 is 22.3 Å². The smallest absolute Gasteiger partial charge is 0.330 e. The maximum Gasteiger partial charge on any atom is 0.330 e. The number of nitrogens with zero attached hydrogens (tertiary/aromatic N) is 1. The van der Waals surface area contributed by atoms with Crippen LogP contribution in [0.2, 0.25) is 5.02 Å². The van der Waals surface area contributed by atoms with E-state index in [0.29, 0.717) is 11.6 Å². The first-order valence-electron chi connectivity index (χ1n) is 6.58. The number of halogens is 1. The minimum absolute atomic E-state index is 0.132. The first-order valence-corrected chi connectivity index (χ1v) is 6.96. The van der Waals surface area contributed by atoms with Crippen molar-refractivity contribution in [1.82, 2.24) is 9.55 Å². The van der Waals surface area contributed by atoms with Crippen molar-refractivity contribution in [2.75, 3.05) is 11.1 Å². The molecule has 0 spiro atoms. The summed E-state index contributed by atoms with van der Waals surface area (Å²) in [6.45, 7) is 4.05. The first-order chi connectivity index (χ1) is 9.93. The minimum Gasteiger partial charge on any atom is -0.383 e. The summed E-state index contributed by atoms with van der Waals surface area (Å²) in [6.07, 6.45) is 0. The molecule has 0 radical (unpaired) electrons. The molecule has 0 bridgehead atoms. The quantitative estimate of drug-likeness (QED) is 0.805. The van der Waals surface area contributed by atoms with Gasteiger partial charge in [0.25, 0.3) is 5.56 Å². The Kier molecular flexibility index (Phi) is 4.37. The highest BCUT2D eigenvalue weighted by molar-refractivity contribution is 6.30. The number of hydrogen-bond donors (Lipinski definition) is 3. The summed E-state index contributed by atoms with van der Waals surface area (Å²) in [4.78, 5) is 25.8. The summed E-state index contributed by atoms with van der Waals surface area (Å²) in [5, 5.41) is 3.69. The van der Waals surface area contributed by atoms with Crippen molar-refractivity contribution in [1.29, 1.82) is 0 Å². The standard InChI is InChI=1S/C14H17ClN4O2/c1-3-19-12(16)11(13(20)18-14(19)21)17-8(2)9-4-6-10(15)7-5-9/h4-8,17H,3,16H2,1-2H3,(H,18,20,21). The molecular formula is C14H17ClN4O2. The summed E-state index contributed by atoms with van der Waals surface area (Å²) >= 11 is 5.85. The van der Waals surface area contributed by atoms with Gasteiger partial charge < -0.3 is 11.1 Å². The van der Waals surface area contributed by atoms with Gasteiger partial charge in [-0.3, -0.25) is 14.3 Å². The summed E-state index contributed by atoms with van der Waals surface area (Å²) in [5.74, 6) is 0.132. The number of nitrogens with two attached hydrogens (primary N) is 1. The molecule has 1 aromatic heterocycles. The van der Waals surface area contributed by atoms with Crippen molar-refractivity contribution < 1.29 is 0 Å². The van der Waals surface area contributed by atoms with Crippen molar-refractivity contribution in [3.05, 3.63) is 55.7 Å². The molecule has 0 saturated heterocycles. The third kappa shape index (κ3) is 3.11. The molecule has 0 saturated carbocycles. The van der Waals surface area contributed by atoms with Crippen molar-refractivity contribution in [2.24, 2.45) is 0 Å². The van der Waals surface area contributed by atoms with E-state index >= 15 is 0 Å². The lowest BCUT2D eigenvalue weighted by atomic mass is 10.1. The zero-order chi connectivity index (χ0) is 15.6. The molecule has 0 aliphatic heterocycles. The van der Waals surface area contributed by atoms with Crippen LogP contribution in [0.1, 0.15) is 25.5 Å². The molecule has 2 rings (SSSR count). The Hall–Kier alpha value is -2.21. The molecule has 1 atom stereocenters. The molecular weight excluding hydrogens is 292 g/mol. The normalized spacial score (nSPS) is 12.1. The van der Waals surface area contributed by atoms with Crippen molar-refractivity contribution >= 4 is 23.1 Å². The Bertz CT molecular complexity index is 749. The van der Waals surface area contributed by atoms with Crippen LogP contribution in [0, 0.1) is 0 Å². The molecule has 2 aromatic rings. The number of H-pyrrole nitrogens is 1. The number of rotatable bonds is 4. The largest absolute Gasteiger partial charge is 0.383 e. The van der Waals surface area contributed by atoms with Gasteiger partial charge in [0.2, 0.25) is 0 Å². The third-order valence-electron chi connectivity index (χ3n) is 3.29. The molecule has 21 heavy (non-hydrogen) atoms. The van der Waals surface area contributed by atoms with Gasteiger partial charge in [-0.1, -0.05) is 23.7 Å². The molecule has 1 aromatic carbocycles. The fourth-order valence-electron chi connectivity index (χ4n) is 2.09. The van der Waals surface area contributed by atoms with Crippen LogP contribution in [-0.4, -0.2) is 9.55 Å². The fraction of sp³-hybridized carbons (Fsp3) is 0.286. The number of benzene rings is 1. The van der Waals surface area contributed by atoms with E-state index in [9.17, 15) is 9.59 Å². The van der Waals surface area contributed by atoms with Crippen LogP contribution in [0.3, 0.4) is 0 Å². The van der Waals surface area contributed by atoms with Crippen LogP contribution in [-0.2, 0) is 6.54 Å². The number of nitrogens with one attached hydrogen (secondary N) is 2. The van der Waals surface area contributed by atoms with E-state index in [2.05, 4.69) is 10.3 Å². The predicted octanol–water partition coefficient (Wildman–Crippen LogP) is 1.97. The number of hydrogen-bond acceptors (Lipinski definition) is 4. The molecule has 1 unspecified atom stereocenters. The second-order valence-electron chi connectivity index (χ2n) is 4.68. The number of aromatic nitrogens is 2. The highest BCUT2D eigenvalue weighted by atomic mass is 35.5. The van der Waals surface area contributed by atoms with Crippen molar-refractivity contribution in [3.8, 4) is 0 Å². The van der Waals surface area contributed by atoms with Crippen molar-refractivity contribution in [2.45, 2.75) is 26.4 Å². The van der Waals surface area contributed by atoms with Gasteiger partial charge >= 0.3 is 5.69 Å². The summed E-state index contributed by atoms with van der Waals surface area (Å²) in [7, 11) is 0. The Morgan fingerprint density at radius 2 is 1.95 bits per heavy atom. The molecule has 4 N–H and O–H groups in total. The lowest BCUT2D eigenvalue weighted by Crippen LogP contribution is -2.34. The van der Waals surface area contributed by atoms with E-state index in [1.165, 1.54) is 4.57 Å². The lowest BCUT2D eigenvalue weighted by molar-refractivity contribution is 0.703. The number of aromatic amines is 1. The summed E-state index contributed by atoms with van der Waals surface area (Å²) in [5.41, 5.74) is 6.02. The third-order valence-corrected chi connectivity index (χ3v) is 3.54. The minimum atomic E-state index is -0.525. The van der Waals surface area contributed by atoms with Gasteiger partial charge in [-0.25, -0.2) is 4.79 Å². The average Bonchev–Trinajstić information content (AvgIpc) is 2.44. The zero-order valence-corrected chi connectivity index (χ0v) is 12.6. The molecule has 0 amide bonds. The zero-order valence-electron chi connectivity index (χ0n) is 11.8. The highest BCUT2D eigenvalue weighted by Gasteiger charge is 2.14. The van der Waals surface area contributed by atoms with Crippen LogP contribution in [0.25, 0.3) is 0 Å². The number of anilines is 2. The second-order valence-corrected chi connectivity index (χ2v) is 5.12. The Balaban J connectivity index is 2.37. The molecule has 7 heteroatoms. The van der Waals surface area contributed by atoms with Gasteiger partial charge in [-0.15, -0.1) is 0 Å². The van der Waals surface area contributed by atoms with Gasteiger partial charge in [-0.05, 0) is 31.5 Å². The van der Waals surface area contributed by atoms with Crippen LogP contribution in [0.5, 0.6) is 0 Å². The summed E-state index contributed by atoms with van der Waals surface area (Å²) in [6, 6.07) is 7.11. The Morgan fingerprint density at radius 1 is 1.33 bits per heavy atom. The topological polar surface area (TPSA) is 92.9 Å². The van der Waals surface area contributed by atoms with E-state index in [0.717, 1.165) is 5.56 Å². The van der Waals surface area contributed by atoms with Gasteiger partial charge in [0, 0.05) is 17.6 Å². The van der Waals surface area contributed by atoms with Crippen molar-refractivity contribution in [3.63, 3.8) is 0 Å². The maximum absolute atomic E-state index is 11.9. The van der Waals surface area contributed by atoms with Crippen LogP contribution in [0.4, 0.5) is 11.5 Å². The maximum atomic E-state index is 11.9. The van der Waals surface area contributed by atoms with E-state index in [4.69, 9.17) is 17.3 Å². The molecule has 0 aliphatic carbocycles. The molecule has 0 aliphatic rings. The first kappa shape index (κ1) is 15.2. The molecule has 1 heterocycles. The van der Waals surface area contributed by atoms with Gasteiger partial charge in [0.1, 0.15) is 11.5 Å². The monoisotopic (exact) mass is 308 g/mol. The van der Waals surface area contributed by atoms with Gasteiger partial charge in [-0.2, -0.15) is 0 Å². The van der Waals surface area contributed by atoms with E-state index < -0.39 is 11.2 Å². The molecule has 112 valence electrons. The van der Waals surface area contributed by atoms with Crippen LogP contribution >= 0.6 is 11.6 Å². The van der Waals surface area contributed by atoms with Crippen LogP contribution in [0.15, 0.2) is 33.9 Å². The van der Waals surface area contributed by atoms with Gasteiger partial charge in [0.15, 0.2) is 0 Å². The average molecular weight is 309 g/mol. The molecule has 6 nitrogen and oxygen atoms in total. The summed E-state index contributed by atoms with van der Waals surface area (Å²) < 4.78 is 1.30. The second kappa shape index (κ2) is 6.05. The van der Waals surface area contributed by atoms with Gasteiger partial charge in [0.05, 0.1) is 0 Å². The van der Waals surface area contributed by atoms with E-state index in [1.807, 2.05) is 19.1 Å². The highest BCUT2D eigenvalue weighted by Crippen LogP contribution is 2.21. The Labute approximate surface area is 126 Å². The fourth-order valence-corrected chi connectivity index (χ4v) is 2.22. The molecule has 0 fully saturated rings. The lowest BCUT2D eigenvalue weighted by Gasteiger charge is -2.18. The van der Waals surface area contributed by atoms with E-state index in [-0.39, 0.29) is 17.5 Å². The SMILES string of the molecule is CCn1c(N)c(NC(C)c2ccc(Cl)cc2)c(=O)[nH]c1=O. The number of nitrogen functional groups attached to an aromatic ring is 1. The Morgan fingerprint density at radius 3 is 2.52 bits per heavy atom.